The monoisotopic (exact) mass is 208 g/mol. The molecule has 1 aliphatic heterocycles. The molecule has 0 aromatic rings. The van der Waals surface area contributed by atoms with Crippen LogP contribution in [0.1, 0.15) is 26.2 Å². The fourth-order valence-electron chi connectivity index (χ4n) is 1.59. The predicted molar refractivity (Wildman–Crippen MR) is 56.9 cm³/mol. The Labute approximate surface area is 90.0 Å². The van der Waals surface area contributed by atoms with Crippen LogP contribution in [0.15, 0.2) is 0 Å². The van der Waals surface area contributed by atoms with Crippen molar-refractivity contribution in [2.75, 3.05) is 13.1 Å². The third kappa shape index (κ3) is 3.62. The van der Waals surface area contributed by atoms with Gasteiger partial charge in [-0.3, -0.25) is 9.59 Å². The third-order valence-corrected chi connectivity index (χ3v) is 2.34. The summed E-state index contributed by atoms with van der Waals surface area (Å²) in [5.41, 5.74) is 0. The predicted octanol–water partition coefficient (Wildman–Crippen LogP) is 0.137. The molecule has 82 valence electrons. The standard InChI is InChI=1S/C11H16N2O2/c1-3-5-9(2)12-10(14)8-13-7-4-6-11(13)15/h1,9H,4-8H2,2H3,(H,12,14). The van der Waals surface area contributed by atoms with Crippen molar-refractivity contribution in [3.05, 3.63) is 0 Å². The number of likely N-dealkylation sites (tertiary alicyclic amines) is 1. The molecule has 2 amide bonds. The summed E-state index contributed by atoms with van der Waals surface area (Å²) in [6.07, 6.45) is 7.05. The molecule has 1 saturated heterocycles. The SMILES string of the molecule is C#CCC(C)NC(=O)CN1CCCC1=O. The summed E-state index contributed by atoms with van der Waals surface area (Å²) in [5, 5.41) is 2.75. The summed E-state index contributed by atoms with van der Waals surface area (Å²) in [4.78, 5) is 24.3. The number of nitrogens with zero attached hydrogens (tertiary/aromatic N) is 1. The average Bonchev–Trinajstić information content (AvgIpc) is 2.52. The Morgan fingerprint density at radius 2 is 2.47 bits per heavy atom. The number of hydrogen-bond acceptors (Lipinski definition) is 2. The highest BCUT2D eigenvalue weighted by Gasteiger charge is 2.22. The molecular weight excluding hydrogens is 192 g/mol. The van der Waals surface area contributed by atoms with Gasteiger partial charge in [0.1, 0.15) is 0 Å². The van der Waals surface area contributed by atoms with E-state index < -0.39 is 0 Å². The van der Waals surface area contributed by atoms with E-state index in [9.17, 15) is 9.59 Å². The summed E-state index contributed by atoms with van der Waals surface area (Å²) in [7, 11) is 0. The molecule has 1 rings (SSSR count). The molecule has 0 aliphatic carbocycles. The van der Waals surface area contributed by atoms with E-state index in [1.54, 1.807) is 4.90 Å². The molecule has 1 unspecified atom stereocenters. The van der Waals surface area contributed by atoms with Crippen molar-refractivity contribution in [3.8, 4) is 12.3 Å². The maximum absolute atomic E-state index is 11.5. The normalized spacial score (nSPS) is 17.3. The zero-order valence-electron chi connectivity index (χ0n) is 8.95. The van der Waals surface area contributed by atoms with E-state index in [1.165, 1.54) is 0 Å². The van der Waals surface area contributed by atoms with Crippen molar-refractivity contribution in [1.82, 2.24) is 10.2 Å². The van der Waals surface area contributed by atoms with E-state index in [0.29, 0.717) is 19.4 Å². The smallest absolute Gasteiger partial charge is 0.239 e. The highest BCUT2D eigenvalue weighted by Crippen LogP contribution is 2.08. The van der Waals surface area contributed by atoms with Crippen LogP contribution in [-0.2, 0) is 9.59 Å². The van der Waals surface area contributed by atoms with Crippen molar-refractivity contribution in [2.24, 2.45) is 0 Å². The van der Waals surface area contributed by atoms with Crippen molar-refractivity contribution < 1.29 is 9.59 Å². The minimum absolute atomic E-state index is 0.0276. The van der Waals surface area contributed by atoms with E-state index in [0.717, 1.165) is 6.42 Å². The van der Waals surface area contributed by atoms with Crippen LogP contribution in [0.2, 0.25) is 0 Å². The van der Waals surface area contributed by atoms with Gasteiger partial charge in [0, 0.05) is 25.4 Å². The van der Waals surface area contributed by atoms with Gasteiger partial charge in [-0.25, -0.2) is 0 Å². The second kappa shape index (κ2) is 5.40. The molecule has 4 nitrogen and oxygen atoms in total. The van der Waals surface area contributed by atoms with Gasteiger partial charge >= 0.3 is 0 Å². The molecular formula is C11H16N2O2. The first kappa shape index (κ1) is 11.6. The van der Waals surface area contributed by atoms with E-state index in [2.05, 4.69) is 11.2 Å². The number of carbonyl (C=O) groups excluding carboxylic acids is 2. The van der Waals surface area contributed by atoms with Gasteiger partial charge in [-0.05, 0) is 13.3 Å². The zero-order valence-corrected chi connectivity index (χ0v) is 8.95. The molecule has 0 saturated carbocycles. The van der Waals surface area contributed by atoms with Gasteiger partial charge in [0.05, 0.1) is 6.54 Å². The van der Waals surface area contributed by atoms with Gasteiger partial charge in [-0.15, -0.1) is 12.3 Å². The Balaban J connectivity index is 2.30. The van der Waals surface area contributed by atoms with Crippen molar-refractivity contribution in [3.63, 3.8) is 0 Å². The first-order chi connectivity index (χ1) is 7.13. The molecule has 4 heteroatoms. The lowest BCUT2D eigenvalue weighted by atomic mass is 10.2. The van der Waals surface area contributed by atoms with Gasteiger partial charge in [-0.1, -0.05) is 0 Å². The van der Waals surface area contributed by atoms with E-state index in [4.69, 9.17) is 6.42 Å². The van der Waals surface area contributed by atoms with Crippen LogP contribution >= 0.6 is 0 Å². The number of nitrogens with one attached hydrogen (secondary N) is 1. The lowest BCUT2D eigenvalue weighted by molar-refractivity contribution is -0.133. The minimum Gasteiger partial charge on any atom is -0.351 e. The summed E-state index contributed by atoms with van der Waals surface area (Å²) < 4.78 is 0. The third-order valence-electron chi connectivity index (χ3n) is 2.34. The van der Waals surface area contributed by atoms with Crippen molar-refractivity contribution in [1.29, 1.82) is 0 Å². The van der Waals surface area contributed by atoms with Gasteiger partial charge in [-0.2, -0.15) is 0 Å². The Morgan fingerprint density at radius 3 is 3.00 bits per heavy atom. The lowest BCUT2D eigenvalue weighted by Gasteiger charge is -2.17. The molecule has 1 aliphatic rings. The molecule has 0 radical (unpaired) electrons. The second-order valence-electron chi connectivity index (χ2n) is 3.80. The highest BCUT2D eigenvalue weighted by molar-refractivity contribution is 5.85. The van der Waals surface area contributed by atoms with Crippen LogP contribution < -0.4 is 5.32 Å². The summed E-state index contributed by atoms with van der Waals surface area (Å²) >= 11 is 0. The average molecular weight is 208 g/mol. The second-order valence-corrected chi connectivity index (χ2v) is 3.80. The number of hydrogen-bond donors (Lipinski definition) is 1. The molecule has 1 heterocycles. The quantitative estimate of drug-likeness (QED) is 0.668. The fraction of sp³-hybridized carbons (Fsp3) is 0.636. The van der Waals surface area contributed by atoms with Crippen LogP contribution in [0.3, 0.4) is 0 Å². The molecule has 0 aromatic carbocycles. The lowest BCUT2D eigenvalue weighted by Crippen LogP contribution is -2.41. The molecule has 15 heavy (non-hydrogen) atoms. The molecule has 1 atom stereocenters. The molecule has 0 spiro atoms. The maximum atomic E-state index is 11.5. The molecule has 0 aromatic heterocycles. The minimum atomic E-state index is -0.131. The summed E-state index contributed by atoms with van der Waals surface area (Å²) in [6, 6.07) is -0.0276. The summed E-state index contributed by atoms with van der Waals surface area (Å²) in [6.45, 7) is 2.70. The van der Waals surface area contributed by atoms with Gasteiger partial charge in [0.15, 0.2) is 0 Å². The Bertz CT molecular complexity index is 293. The van der Waals surface area contributed by atoms with Gasteiger partial charge < -0.3 is 10.2 Å². The number of carbonyl (C=O) groups is 2. The van der Waals surface area contributed by atoms with Crippen LogP contribution in [0.5, 0.6) is 0 Å². The molecule has 1 fully saturated rings. The zero-order chi connectivity index (χ0) is 11.3. The van der Waals surface area contributed by atoms with E-state index in [1.807, 2.05) is 6.92 Å². The number of terminal acetylenes is 1. The van der Waals surface area contributed by atoms with Crippen molar-refractivity contribution >= 4 is 11.8 Å². The van der Waals surface area contributed by atoms with Crippen LogP contribution in [0, 0.1) is 12.3 Å². The topological polar surface area (TPSA) is 49.4 Å². The Hall–Kier alpha value is -1.50. The Kier molecular flexibility index (Phi) is 4.17. The van der Waals surface area contributed by atoms with Gasteiger partial charge in [0.2, 0.25) is 11.8 Å². The summed E-state index contributed by atoms with van der Waals surface area (Å²) in [5.74, 6) is 2.41. The largest absolute Gasteiger partial charge is 0.351 e. The molecule has 1 N–H and O–H groups in total. The highest BCUT2D eigenvalue weighted by atomic mass is 16.2. The van der Waals surface area contributed by atoms with Crippen LogP contribution in [0.25, 0.3) is 0 Å². The molecule has 0 bridgehead atoms. The van der Waals surface area contributed by atoms with E-state index >= 15 is 0 Å². The number of amides is 2. The van der Waals surface area contributed by atoms with Crippen LogP contribution in [-0.4, -0.2) is 35.8 Å². The van der Waals surface area contributed by atoms with Crippen molar-refractivity contribution in [2.45, 2.75) is 32.2 Å². The number of rotatable bonds is 4. The maximum Gasteiger partial charge on any atom is 0.239 e. The Morgan fingerprint density at radius 1 is 1.73 bits per heavy atom. The van der Waals surface area contributed by atoms with Crippen LogP contribution in [0.4, 0.5) is 0 Å². The first-order valence-corrected chi connectivity index (χ1v) is 5.14. The van der Waals surface area contributed by atoms with E-state index in [-0.39, 0.29) is 24.4 Å². The fourth-order valence-corrected chi connectivity index (χ4v) is 1.59. The first-order valence-electron chi connectivity index (χ1n) is 5.14. The van der Waals surface area contributed by atoms with Gasteiger partial charge in [0.25, 0.3) is 0 Å².